The van der Waals surface area contributed by atoms with Gasteiger partial charge < -0.3 is 14.5 Å². The lowest BCUT2D eigenvalue weighted by Gasteiger charge is -2.16. The van der Waals surface area contributed by atoms with Crippen LogP contribution in [0.1, 0.15) is 36.3 Å². The van der Waals surface area contributed by atoms with Crippen LogP contribution in [0.15, 0.2) is 52.5 Å². The predicted octanol–water partition coefficient (Wildman–Crippen LogP) is 4.55. The Hall–Kier alpha value is -2.59. The van der Waals surface area contributed by atoms with Crippen molar-refractivity contribution in [2.75, 3.05) is 25.4 Å². The van der Waals surface area contributed by atoms with E-state index in [0.29, 0.717) is 11.7 Å². The van der Waals surface area contributed by atoms with Crippen molar-refractivity contribution in [3.8, 4) is 11.4 Å². The van der Waals surface area contributed by atoms with Gasteiger partial charge in [-0.15, -0.1) is 10.2 Å². The second-order valence-electron chi connectivity index (χ2n) is 9.27. The predicted molar refractivity (Wildman–Crippen MR) is 125 cm³/mol. The lowest BCUT2D eigenvalue weighted by atomic mass is 9.97. The summed E-state index contributed by atoms with van der Waals surface area (Å²) in [6.07, 6.45) is 0.552. The molecule has 1 aliphatic carbocycles. The van der Waals surface area contributed by atoms with Crippen molar-refractivity contribution in [2.45, 2.75) is 36.5 Å². The Morgan fingerprint density at radius 3 is 2.68 bits per heavy atom. The number of nitrogens with one attached hydrogen (secondary N) is 1. The second kappa shape index (κ2) is 8.88. The molecule has 1 spiro atoms. The van der Waals surface area contributed by atoms with Crippen molar-refractivity contribution in [3.63, 3.8) is 0 Å². The molecule has 1 saturated carbocycles. The Kier molecular flexibility index (Phi) is 6.05. The van der Waals surface area contributed by atoms with Gasteiger partial charge in [0.15, 0.2) is 11.0 Å². The van der Waals surface area contributed by atoms with Crippen LogP contribution in [0.2, 0.25) is 0 Å². The first-order chi connectivity index (χ1) is 16.2. The Morgan fingerprint density at radius 2 is 1.97 bits per heavy atom. The normalized spacial score (nSPS) is 22.5. The molecule has 2 fully saturated rings. The number of thioether (sulfide) groups is 1. The molecule has 0 amide bonds. The second-order valence-corrected chi connectivity index (χ2v) is 10.3. The van der Waals surface area contributed by atoms with Gasteiger partial charge in [0.1, 0.15) is 0 Å². The smallest absolute Gasteiger partial charge is 0.328 e. The average molecular weight is 490 g/mol. The Morgan fingerprint density at radius 1 is 1.18 bits per heavy atom. The number of likely N-dealkylation sites (tertiary alicyclic amines) is 1. The third-order valence-corrected chi connectivity index (χ3v) is 8.13. The maximum absolute atomic E-state index is 12.8. The number of H-pyrrole nitrogens is 1. The maximum atomic E-state index is 12.8. The molecule has 2 aliphatic rings. The summed E-state index contributed by atoms with van der Waals surface area (Å²) in [5.41, 5.74) is 1.36. The monoisotopic (exact) mass is 489 g/mol. The molecule has 1 N–H and O–H groups in total. The van der Waals surface area contributed by atoms with Crippen LogP contribution >= 0.6 is 11.8 Å². The third-order valence-electron chi connectivity index (χ3n) is 7.02. The SMILES string of the molecule is Cn1c(SCCCN2CC[C@]3(CC3c3ccc(C(F)(F)F)cc3)C2)nnc1-c1ccc(=O)[nH]c1. The fourth-order valence-electron chi connectivity index (χ4n) is 5.04. The van der Waals surface area contributed by atoms with Crippen molar-refractivity contribution in [1.82, 2.24) is 24.6 Å². The fourth-order valence-corrected chi connectivity index (χ4v) is 5.88. The molecule has 2 aromatic heterocycles. The van der Waals surface area contributed by atoms with Gasteiger partial charge in [0, 0.05) is 37.2 Å². The standard InChI is InChI=1S/C24H26F3N5OS/c1-31-21(17-5-8-20(33)28-14-17)29-30-22(31)34-12-2-10-32-11-9-23(15-32)13-19(23)16-3-6-18(7-4-16)24(25,26)27/h3-8,14,19H,2,9-13,15H2,1H3,(H,28,33)/t19?,23-/m0/s1. The molecule has 1 aliphatic heterocycles. The van der Waals surface area contributed by atoms with E-state index in [0.717, 1.165) is 60.9 Å². The average Bonchev–Trinajstić information content (AvgIpc) is 3.16. The number of alkyl halides is 3. The van der Waals surface area contributed by atoms with Crippen LogP contribution in [0.25, 0.3) is 11.4 Å². The molecule has 1 unspecified atom stereocenters. The van der Waals surface area contributed by atoms with E-state index < -0.39 is 11.7 Å². The zero-order valence-electron chi connectivity index (χ0n) is 18.8. The van der Waals surface area contributed by atoms with Gasteiger partial charge >= 0.3 is 6.18 Å². The minimum atomic E-state index is -4.28. The molecule has 0 radical (unpaired) electrons. The summed E-state index contributed by atoms with van der Waals surface area (Å²) in [6, 6.07) is 8.94. The number of aromatic amines is 1. The third kappa shape index (κ3) is 4.65. The molecule has 0 bridgehead atoms. The van der Waals surface area contributed by atoms with Crippen molar-refractivity contribution >= 4 is 11.8 Å². The van der Waals surface area contributed by atoms with Crippen LogP contribution in [0.3, 0.4) is 0 Å². The molecule has 10 heteroatoms. The van der Waals surface area contributed by atoms with E-state index in [1.165, 1.54) is 18.2 Å². The van der Waals surface area contributed by atoms with Crippen molar-refractivity contribution in [1.29, 1.82) is 0 Å². The van der Waals surface area contributed by atoms with Crippen LogP contribution in [0, 0.1) is 5.41 Å². The van der Waals surface area contributed by atoms with E-state index in [2.05, 4.69) is 20.1 Å². The summed E-state index contributed by atoms with van der Waals surface area (Å²) in [5, 5.41) is 9.37. The lowest BCUT2D eigenvalue weighted by Crippen LogP contribution is -2.23. The van der Waals surface area contributed by atoms with Crippen molar-refractivity contribution < 1.29 is 13.2 Å². The minimum Gasteiger partial charge on any atom is -0.328 e. The number of hydrogen-bond donors (Lipinski definition) is 1. The summed E-state index contributed by atoms with van der Waals surface area (Å²) >= 11 is 1.66. The largest absolute Gasteiger partial charge is 0.416 e. The number of rotatable bonds is 7. The first-order valence-electron chi connectivity index (χ1n) is 11.4. The first-order valence-corrected chi connectivity index (χ1v) is 12.3. The van der Waals surface area contributed by atoms with E-state index >= 15 is 0 Å². The van der Waals surface area contributed by atoms with Gasteiger partial charge in [-0.2, -0.15) is 13.2 Å². The van der Waals surface area contributed by atoms with Gasteiger partial charge in [-0.1, -0.05) is 23.9 Å². The summed E-state index contributed by atoms with van der Waals surface area (Å²) in [5.74, 6) is 2.01. The van der Waals surface area contributed by atoms with E-state index in [4.69, 9.17) is 0 Å². The number of halogens is 3. The molecule has 180 valence electrons. The van der Waals surface area contributed by atoms with E-state index in [1.54, 1.807) is 36.2 Å². The summed E-state index contributed by atoms with van der Waals surface area (Å²) in [4.78, 5) is 16.4. The Bertz CT molecular complexity index is 1200. The highest BCUT2D eigenvalue weighted by Gasteiger charge is 2.57. The van der Waals surface area contributed by atoms with E-state index in [9.17, 15) is 18.0 Å². The van der Waals surface area contributed by atoms with Crippen LogP contribution in [-0.4, -0.2) is 50.0 Å². The van der Waals surface area contributed by atoms with Crippen molar-refractivity contribution in [3.05, 3.63) is 64.1 Å². The van der Waals surface area contributed by atoms with Crippen LogP contribution < -0.4 is 5.56 Å². The summed E-state index contributed by atoms with van der Waals surface area (Å²) in [7, 11) is 1.92. The molecule has 5 rings (SSSR count). The highest BCUT2D eigenvalue weighted by atomic mass is 32.2. The Labute approximate surface area is 199 Å². The summed E-state index contributed by atoms with van der Waals surface area (Å²) in [6.45, 7) is 3.06. The fraction of sp³-hybridized carbons (Fsp3) is 0.458. The van der Waals surface area contributed by atoms with Gasteiger partial charge in [-0.25, -0.2) is 0 Å². The Balaban J connectivity index is 1.09. The van der Waals surface area contributed by atoms with Gasteiger partial charge in [0.2, 0.25) is 5.56 Å². The summed E-state index contributed by atoms with van der Waals surface area (Å²) < 4.78 is 40.4. The molecule has 3 aromatic rings. The molecule has 1 saturated heterocycles. The lowest BCUT2D eigenvalue weighted by molar-refractivity contribution is -0.137. The number of nitrogens with zero attached hydrogens (tertiary/aromatic N) is 4. The molecule has 3 heterocycles. The number of aromatic nitrogens is 4. The highest BCUT2D eigenvalue weighted by Crippen LogP contribution is 2.64. The van der Waals surface area contributed by atoms with Crippen LogP contribution in [0.5, 0.6) is 0 Å². The van der Waals surface area contributed by atoms with Gasteiger partial charge in [-0.3, -0.25) is 4.79 Å². The topological polar surface area (TPSA) is 66.8 Å². The molecule has 6 nitrogen and oxygen atoms in total. The highest BCUT2D eigenvalue weighted by molar-refractivity contribution is 7.99. The van der Waals surface area contributed by atoms with Crippen molar-refractivity contribution in [2.24, 2.45) is 12.5 Å². The maximum Gasteiger partial charge on any atom is 0.416 e. The quantitative estimate of drug-likeness (QED) is 0.390. The molecule has 34 heavy (non-hydrogen) atoms. The molecular formula is C24H26F3N5OS. The molecule has 2 atom stereocenters. The zero-order valence-corrected chi connectivity index (χ0v) is 19.6. The number of pyridine rings is 1. The van der Waals surface area contributed by atoms with Gasteiger partial charge in [0.05, 0.1) is 5.56 Å². The van der Waals surface area contributed by atoms with Crippen LogP contribution in [-0.2, 0) is 13.2 Å². The molecule has 1 aromatic carbocycles. The van der Waals surface area contributed by atoms with Gasteiger partial charge in [0.25, 0.3) is 0 Å². The molecular weight excluding hydrogens is 463 g/mol. The first kappa shape index (κ1) is 23.2. The zero-order chi connectivity index (χ0) is 23.9. The minimum absolute atomic E-state index is 0.152. The number of benzene rings is 1. The van der Waals surface area contributed by atoms with Crippen LogP contribution in [0.4, 0.5) is 13.2 Å². The number of hydrogen-bond acceptors (Lipinski definition) is 5. The van der Waals surface area contributed by atoms with E-state index in [1.807, 2.05) is 11.6 Å². The van der Waals surface area contributed by atoms with Gasteiger partial charge in [-0.05, 0) is 67.4 Å². The van der Waals surface area contributed by atoms with E-state index in [-0.39, 0.29) is 11.0 Å².